The summed E-state index contributed by atoms with van der Waals surface area (Å²) in [6.45, 7) is 14.5. The van der Waals surface area contributed by atoms with Gasteiger partial charge in [0, 0.05) is 58.5 Å². The van der Waals surface area contributed by atoms with E-state index in [-0.39, 0.29) is 29.7 Å². The van der Waals surface area contributed by atoms with Crippen LogP contribution in [0, 0.1) is 11.8 Å². The summed E-state index contributed by atoms with van der Waals surface area (Å²) in [4.78, 5) is 39.7. The molecule has 4 N–H and O–H groups in total. The fourth-order valence-electron chi connectivity index (χ4n) is 7.59. The highest BCUT2D eigenvalue weighted by Crippen LogP contribution is 2.46. The second kappa shape index (κ2) is 12.1. The van der Waals surface area contributed by atoms with Gasteiger partial charge in [-0.15, -0.1) is 0 Å². The molecule has 1 saturated heterocycles. The smallest absolute Gasteiger partial charge is 0.335 e. The van der Waals surface area contributed by atoms with Crippen molar-refractivity contribution in [3.63, 3.8) is 0 Å². The van der Waals surface area contributed by atoms with Crippen LogP contribution in [0.15, 0.2) is 143 Å². The van der Waals surface area contributed by atoms with Crippen molar-refractivity contribution in [1.82, 2.24) is 5.32 Å². The minimum absolute atomic E-state index is 0.0121. The van der Waals surface area contributed by atoms with E-state index in [1.54, 1.807) is 12.1 Å². The first kappa shape index (κ1) is 32.0. The number of amides is 1. The topological polar surface area (TPSA) is 136 Å². The maximum absolute atomic E-state index is 13.2. The van der Waals surface area contributed by atoms with Crippen molar-refractivity contribution >= 4 is 34.7 Å². The van der Waals surface area contributed by atoms with Crippen LogP contribution < -0.4 is 10.6 Å². The number of rotatable bonds is 7. The van der Waals surface area contributed by atoms with Crippen molar-refractivity contribution in [2.75, 3.05) is 5.32 Å². The van der Waals surface area contributed by atoms with Crippen LogP contribution in [0.1, 0.15) is 70.7 Å². The van der Waals surface area contributed by atoms with E-state index in [0.717, 1.165) is 91.1 Å². The number of aliphatic imine (C=N–C) groups is 3. The van der Waals surface area contributed by atoms with Crippen molar-refractivity contribution in [2.45, 2.75) is 60.3 Å². The van der Waals surface area contributed by atoms with E-state index in [9.17, 15) is 19.8 Å². The lowest BCUT2D eigenvalue weighted by Gasteiger charge is -2.18. The van der Waals surface area contributed by atoms with Crippen LogP contribution in [0.5, 0.6) is 0 Å². The number of nitrogens with one attached hydrogen (secondary N) is 2. The van der Waals surface area contributed by atoms with Crippen LogP contribution in [-0.2, 0) is 4.79 Å². The largest absolute Gasteiger partial charge is 0.511 e. The molecule has 7 rings (SSSR count). The quantitative estimate of drug-likeness (QED) is 0.237. The molecule has 5 aliphatic heterocycles. The van der Waals surface area contributed by atoms with Gasteiger partial charge in [-0.2, -0.15) is 0 Å². The summed E-state index contributed by atoms with van der Waals surface area (Å²) in [7, 11) is 0. The summed E-state index contributed by atoms with van der Waals surface area (Å²) in [5.41, 5.74) is 14.5. The molecule has 0 saturated carbocycles. The van der Waals surface area contributed by atoms with E-state index in [1.165, 1.54) is 12.1 Å². The summed E-state index contributed by atoms with van der Waals surface area (Å²) in [5.74, 6) is -0.937. The molecule has 0 spiro atoms. The molecule has 1 fully saturated rings. The van der Waals surface area contributed by atoms with Gasteiger partial charge >= 0.3 is 5.97 Å². The van der Waals surface area contributed by atoms with E-state index < -0.39 is 5.97 Å². The average molecular weight is 654 g/mol. The third-order valence-electron chi connectivity index (χ3n) is 10.4. The minimum Gasteiger partial charge on any atom is -0.511 e. The van der Waals surface area contributed by atoms with Gasteiger partial charge in [-0.05, 0) is 98.4 Å². The zero-order valence-corrected chi connectivity index (χ0v) is 28.4. The highest BCUT2D eigenvalue weighted by molar-refractivity contribution is 6.21. The Labute approximate surface area is 285 Å². The number of carbonyl (C=O) groups excluding carboxylic acids is 1. The summed E-state index contributed by atoms with van der Waals surface area (Å²) in [6, 6.07) is 6.14. The molecule has 0 aromatic heterocycles. The number of anilines is 1. The number of nitrogens with zero attached hydrogens (tertiary/aromatic N) is 3. The number of allylic oxidation sites excluding steroid dienone is 12. The van der Waals surface area contributed by atoms with Crippen LogP contribution in [0.4, 0.5) is 5.69 Å². The predicted octanol–water partition coefficient (Wildman–Crippen LogP) is 7.96. The zero-order valence-electron chi connectivity index (χ0n) is 28.4. The number of fused-ring (bicyclic) bond motifs is 5. The Morgan fingerprint density at radius 1 is 1.00 bits per heavy atom. The molecule has 49 heavy (non-hydrogen) atoms. The molecule has 1 aliphatic carbocycles. The Hall–Kier alpha value is -5.57. The summed E-state index contributed by atoms with van der Waals surface area (Å²) < 4.78 is 0. The predicted molar refractivity (Wildman–Crippen MR) is 193 cm³/mol. The van der Waals surface area contributed by atoms with Crippen LogP contribution >= 0.6 is 0 Å². The molecular weight excluding hydrogens is 614 g/mol. The molecule has 248 valence electrons. The molecule has 0 unspecified atom stereocenters. The Balaban J connectivity index is 1.31. The zero-order chi connectivity index (χ0) is 34.7. The van der Waals surface area contributed by atoms with Gasteiger partial charge in [0.05, 0.1) is 39.8 Å². The molecule has 9 nitrogen and oxygen atoms in total. The first-order valence-corrected chi connectivity index (χ1v) is 16.7. The second-order valence-corrected chi connectivity index (χ2v) is 13.2. The lowest BCUT2D eigenvalue weighted by molar-refractivity contribution is -0.116. The van der Waals surface area contributed by atoms with Crippen LogP contribution in [-0.4, -0.2) is 39.2 Å². The number of carboxylic acids is 1. The molecule has 1 aromatic carbocycles. The first-order chi connectivity index (χ1) is 23.5. The molecule has 5 heterocycles. The third kappa shape index (κ3) is 5.39. The number of hydrogen-bond donors (Lipinski definition) is 4. The van der Waals surface area contributed by atoms with E-state index in [4.69, 9.17) is 15.0 Å². The van der Waals surface area contributed by atoms with Gasteiger partial charge in [0.25, 0.3) is 0 Å². The summed E-state index contributed by atoms with van der Waals surface area (Å²) >= 11 is 0. The maximum atomic E-state index is 13.2. The Bertz CT molecular complexity index is 2120. The molecule has 1 aromatic rings. The molecule has 0 radical (unpaired) electrons. The molecule has 8 bridgehead atoms. The molecule has 6 aliphatic rings. The van der Waals surface area contributed by atoms with E-state index in [0.29, 0.717) is 24.3 Å². The van der Waals surface area contributed by atoms with Gasteiger partial charge in [0.15, 0.2) is 0 Å². The van der Waals surface area contributed by atoms with E-state index in [2.05, 4.69) is 51.0 Å². The Morgan fingerprint density at radius 3 is 2.41 bits per heavy atom. The van der Waals surface area contributed by atoms with Gasteiger partial charge in [-0.3, -0.25) is 4.79 Å². The molecule has 9 heteroatoms. The van der Waals surface area contributed by atoms with Gasteiger partial charge in [0.1, 0.15) is 5.76 Å². The van der Waals surface area contributed by atoms with Gasteiger partial charge in [-0.25, -0.2) is 19.8 Å². The van der Waals surface area contributed by atoms with E-state index >= 15 is 0 Å². The summed E-state index contributed by atoms with van der Waals surface area (Å²) in [6.07, 6.45) is 9.97. The lowest BCUT2D eigenvalue weighted by Crippen LogP contribution is -2.18. The first-order valence-electron chi connectivity index (χ1n) is 16.7. The molecule has 2 atom stereocenters. The van der Waals surface area contributed by atoms with Crippen LogP contribution in [0.3, 0.4) is 0 Å². The average Bonchev–Trinajstić information content (AvgIpc) is 3.82. The molecule has 1 amide bonds. The lowest BCUT2D eigenvalue weighted by atomic mass is 9.86. The Kier molecular flexibility index (Phi) is 7.93. The number of carbonyl (C=O) groups is 2. The molecular formula is C40H39N5O4. The SMILES string of the molecule is C=CC1=C(C)C2=NC1=CC1=NC(=CC3=C(C)C4=C(O)CC(=C5NC(=C2)[C@@H](C)[C@@H]5CCC(=O)Nc2ccc(C(=O)O)cc2)C4=N3)C(CC)=C1C. The van der Waals surface area contributed by atoms with Gasteiger partial charge in [-0.1, -0.05) is 26.5 Å². The number of carboxylic acid groups (broad SMARTS) is 1. The van der Waals surface area contributed by atoms with E-state index in [1.807, 2.05) is 25.2 Å². The van der Waals surface area contributed by atoms with Crippen LogP contribution in [0.2, 0.25) is 0 Å². The van der Waals surface area contributed by atoms with Crippen molar-refractivity contribution in [3.8, 4) is 0 Å². The van der Waals surface area contributed by atoms with Crippen molar-refractivity contribution in [3.05, 3.63) is 134 Å². The normalized spacial score (nSPS) is 22.6. The fourth-order valence-corrected chi connectivity index (χ4v) is 7.59. The number of aliphatic hydroxyl groups excluding tert-OH is 1. The van der Waals surface area contributed by atoms with Gasteiger partial charge in [0.2, 0.25) is 5.91 Å². The standard InChI is InChI=1S/C40H39N5O4/c1-7-25-19(3)29-16-31-21(5)27(13-14-36(47)41-24-11-9-23(10-12-24)40(48)49)38(44-31)28-15-35(46)37-22(6)32(45-39(28)37)18-34-26(8-2)20(4)30(43-34)17-33(25)42-29/h7,9-12,16-18,21,27,44,46H,1,8,13-15H2,2-6H3,(H,41,47)(H,48,49)/t21-,27-/m0/s1. The number of hydrogen-bond acceptors (Lipinski definition) is 7. The van der Waals surface area contributed by atoms with Crippen molar-refractivity contribution in [2.24, 2.45) is 26.8 Å². The van der Waals surface area contributed by atoms with Crippen molar-refractivity contribution < 1.29 is 19.8 Å². The minimum atomic E-state index is -1.02. The van der Waals surface area contributed by atoms with Crippen LogP contribution in [0.25, 0.3) is 0 Å². The second-order valence-electron chi connectivity index (χ2n) is 13.2. The third-order valence-corrected chi connectivity index (χ3v) is 10.4. The monoisotopic (exact) mass is 653 g/mol. The van der Waals surface area contributed by atoms with Gasteiger partial charge < -0.3 is 20.8 Å². The highest BCUT2D eigenvalue weighted by atomic mass is 16.4. The maximum Gasteiger partial charge on any atom is 0.335 e. The highest BCUT2D eigenvalue weighted by Gasteiger charge is 2.41. The summed E-state index contributed by atoms with van der Waals surface area (Å²) in [5, 5.41) is 27.2. The number of aromatic carboxylic acids is 1. The number of benzene rings is 1. The van der Waals surface area contributed by atoms with Crippen molar-refractivity contribution in [1.29, 1.82) is 0 Å². The number of aliphatic hydroxyl groups is 1. The Morgan fingerprint density at radius 2 is 1.71 bits per heavy atom. The fraction of sp³-hybridized carbons (Fsp3) is 0.275.